The van der Waals surface area contributed by atoms with Crippen molar-refractivity contribution in [1.82, 2.24) is 30.7 Å². The molecule has 5 rings (SSSR count). The molecule has 1 aliphatic heterocycles. The Hall–Kier alpha value is -5.68. The first-order valence-corrected chi connectivity index (χ1v) is 15.3. The Balaban J connectivity index is 1.45. The fraction of sp³-hybridized carbons (Fsp3) is 0.222. The second-order valence-corrected chi connectivity index (χ2v) is 11.2. The number of phenols is 2. The highest BCUT2D eigenvalue weighted by Gasteiger charge is 2.43. The molecule has 11 nitrogen and oxygen atoms in total. The maximum atomic E-state index is 14.2. The Kier molecular flexibility index (Phi) is 10.8. The normalized spacial score (nSPS) is 16.0. The van der Waals surface area contributed by atoms with E-state index in [1.54, 1.807) is 65.6 Å². The monoisotopic (exact) mass is 634 g/mol. The van der Waals surface area contributed by atoms with Crippen molar-refractivity contribution in [2.45, 2.75) is 31.7 Å². The zero-order chi connectivity index (χ0) is 33.2. The minimum absolute atomic E-state index is 0.0133. The minimum atomic E-state index is -0.966. The number of nitrogens with zero attached hydrogens (tertiary/aromatic N) is 3. The van der Waals surface area contributed by atoms with Crippen molar-refractivity contribution in [3.8, 4) is 22.8 Å². The van der Waals surface area contributed by atoms with Gasteiger partial charge in [-0.05, 0) is 47.5 Å². The molecule has 0 spiro atoms. The van der Waals surface area contributed by atoms with Crippen LogP contribution in [0.15, 0.2) is 110 Å². The first-order valence-electron chi connectivity index (χ1n) is 15.3. The van der Waals surface area contributed by atoms with E-state index in [1.165, 1.54) is 17.0 Å². The van der Waals surface area contributed by atoms with Gasteiger partial charge in [-0.1, -0.05) is 66.7 Å². The third-order valence-corrected chi connectivity index (χ3v) is 7.81. The van der Waals surface area contributed by atoms with E-state index in [-0.39, 0.29) is 55.9 Å². The maximum Gasteiger partial charge on any atom is 0.316 e. The average Bonchev–Trinajstić information content (AvgIpc) is 3.08. The standard InChI is InChI=1S/C36H38N6O5/c1-2-19-37-22-34(45)42-31(20-25-15-17-28(43)18-16-25)35(46)41(24-33(42)40-36(47)38-21-26-9-4-3-5-10-26)23-27-11-8-13-30(39-27)29-12-6-7-14-32(29)44/h2-18,31,33,37,43-44H,1,19-24H2,(H2,38,40,47)/t31-,33+/m0/s1. The molecule has 4 amide bonds. The first-order chi connectivity index (χ1) is 22.8. The molecular weight excluding hydrogens is 596 g/mol. The highest BCUT2D eigenvalue weighted by atomic mass is 16.3. The number of carbonyl (C=O) groups is 3. The fourth-order valence-corrected chi connectivity index (χ4v) is 5.54. The number of rotatable bonds is 12. The molecule has 0 unspecified atom stereocenters. The van der Waals surface area contributed by atoms with Crippen LogP contribution in [-0.4, -0.2) is 74.7 Å². The molecule has 0 saturated carbocycles. The molecule has 2 heterocycles. The number of hydrogen-bond donors (Lipinski definition) is 5. The molecular formula is C36H38N6O5. The highest BCUT2D eigenvalue weighted by molar-refractivity contribution is 5.91. The van der Waals surface area contributed by atoms with Gasteiger partial charge in [0.2, 0.25) is 11.8 Å². The van der Waals surface area contributed by atoms with Crippen LogP contribution in [0.4, 0.5) is 4.79 Å². The van der Waals surface area contributed by atoms with Gasteiger partial charge in [0.25, 0.3) is 0 Å². The van der Waals surface area contributed by atoms with E-state index in [4.69, 9.17) is 4.98 Å². The van der Waals surface area contributed by atoms with Gasteiger partial charge in [-0.25, -0.2) is 4.79 Å². The Morgan fingerprint density at radius 1 is 0.915 bits per heavy atom. The van der Waals surface area contributed by atoms with Crippen molar-refractivity contribution in [3.63, 3.8) is 0 Å². The van der Waals surface area contributed by atoms with Crippen LogP contribution in [0.1, 0.15) is 16.8 Å². The number of benzene rings is 3. The lowest BCUT2D eigenvalue weighted by Gasteiger charge is -2.46. The van der Waals surface area contributed by atoms with Crippen LogP contribution in [0, 0.1) is 0 Å². The van der Waals surface area contributed by atoms with E-state index >= 15 is 0 Å². The van der Waals surface area contributed by atoms with Gasteiger partial charge in [-0.3, -0.25) is 14.6 Å². The number of aromatic nitrogens is 1. The second-order valence-electron chi connectivity index (χ2n) is 11.2. The van der Waals surface area contributed by atoms with Crippen molar-refractivity contribution in [2.75, 3.05) is 19.6 Å². The van der Waals surface area contributed by atoms with Crippen LogP contribution in [-0.2, 0) is 29.1 Å². The molecule has 11 heteroatoms. The largest absolute Gasteiger partial charge is 0.508 e. The Morgan fingerprint density at radius 3 is 2.40 bits per heavy atom. The summed E-state index contributed by atoms with van der Waals surface area (Å²) in [6.45, 7) is 4.39. The molecule has 2 atom stereocenters. The summed E-state index contributed by atoms with van der Waals surface area (Å²) in [6, 6.07) is 26.7. The summed E-state index contributed by atoms with van der Waals surface area (Å²) in [7, 11) is 0. The molecule has 3 aromatic carbocycles. The van der Waals surface area contributed by atoms with Crippen LogP contribution in [0.3, 0.4) is 0 Å². The molecule has 47 heavy (non-hydrogen) atoms. The van der Waals surface area contributed by atoms with Crippen molar-refractivity contribution in [2.24, 2.45) is 0 Å². The van der Waals surface area contributed by atoms with Crippen molar-refractivity contribution >= 4 is 17.8 Å². The number of phenolic OH excluding ortho intramolecular Hbond substituents is 2. The van der Waals surface area contributed by atoms with E-state index in [1.807, 2.05) is 30.3 Å². The molecule has 1 fully saturated rings. The molecule has 4 aromatic rings. The number of piperazine rings is 1. The van der Waals surface area contributed by atoms with Gasteiger partial charge in [0.05, 0.1) is 31.0 Å². The first kappa shape index (κ1) is 32.7. The van der Waals surface area contributed by atoms with Gasteiger partial charge in [0, 0.05) is 25.1 Å². The number of para-hydroxylation sites is 1. The zero-order valence-electron chi connectivity index (χ0n) is 25.9. The maximum absolute atomic E-state index is 14.2. The molecule has 0 bridgehead atoms. The topological polar surface area (TPSA) is 147 Å². The summed E-state index contributed by atoms with van der Waals surface area (Å²) < 4.78 is 0. The Labute approximate surface area is 273 Å². The van der Waals surface area contributed by atoms with E-state index in [0.717, 1.165) is 11.1 Å². The van der Waals surface area contributed by atoms with E-state index in [9.17, 15) is 24.6 Å². The molecule has 1 saturated heterocycles. The summed E-state index contributed by atoms with van der Waals surface area (Å²) in [6.07, 6.45) is 0.913. The quantitative estimate of drug-likeness (QED) is 0.118. The van der Waals surface area contributed by atoms with Crippen LogP contribution in [0.25, 0.3) is 11.3 Å². The van der Waals surface area contributed by atoms with Gasteiger partial charge in [-0.2, -0.15) is 0 Å². The lowest BCUT2D eigenvalue weighted by atomic mass is 9.99. The number of nitrogens with one attached hydrogen (secondary N) is 3. The SMILES string of the molecule is C=CCNCC(=O)N1[C@@H](NC(=O)NCc2ccccc2)CN(Cc2cccc(-c3ccccc3O)n2)C(=O)[C@@H]1Cc1ccc(O)cc1. The summed E-state index contributed by atoms with van der Waals surface area (Å²) in [5, 5.41) is 29.0. The van der Waals surface area contributed by atoms with E-state index in [2.05, 4.69) is 22.5 Å². The number of aromatic hydroxyl groups is 2. The van der Waals surface area contributed by atoms with Crippen LogP contribution in [0.5, 0.6) is 11.5 Å². The third-order valence-electron chi connectivity index (χ3n) is 7.81. The molecule has 0 radical (unpaired) electrons. The average molecular weight is 635 g/mol. The predicted octanol–water partition coefficient (Wildman–Crippen LogP) is 3.54. The van der Waals surface area contributed by atoms with Gasteiger partial charge < -0.3 is 36.0 Å². The Bertz CT molecular complexity index is 1700. The zero-order valence-corrected chi connectivity index (χ0v) is 25.9. The summed E-state index contributed by atoms with van der Waals surface area (Å²) in [5.74, 6) is -0.508. The molecule has 1 aliphatic rings. The lowest BCUT2D eigenvalue weighted by Crippen LogP contribution is -2.69. The number of urea groups is 1. The van der Waals surface area contributed by atoms with Gasteiger partial charge >= 0.3 is 6.03 Å². The van der Waals surface area contributed by atoms with E-state index in [0.29, 0.717) is 23.5 Å². The number of amides is 4. The van der Waals surface area contributed by atoms with Crippen LogP contribution < -0.4 is 16.0 Å². The van der Waals surface area contributed by atoms with Crippen molar-refractivity contribution < 1.29 is 24.6 Å². The van der Waals surface area contributed by atoms with Crippen LogP contribution in [0.2, 0.25) is 0 Å². The number of pyridine rings is 1. The van der Waals surface area contributed by atoms with Gasteiger partial charge in [-0.15, -0.1) is 6.58 Å². The fourth-order valence-electron chi connectivity index (χ4n) is 5.54. The summed E-state index contributed by atoms with van der Waals surface area (Å²) in [4.78, 5) is 49.0. The Morgan fingerprint density at radius 2 is 1.66 bits per heavy atom. The smallest absolute Gasteiger partial charge is 0.316 e. The predicted molar refractivity (Wildman–Crippen MR) is 178 cm³/mol. The lowest BCUT2D eigenvalue weighted by molar-refractivity contribution is -0.157. The van der Waals surface area contributed by atoms with Crippen LogP contribution >= 0.6 is 0 Å². The highest BCUT2D eigenvalue weighted by Crippen LogP contribution is 2.28. The number of carbonyl (C=O) groups excluding carboxylic acids is 3. The molecule has 242 valence electrons. The minimum Gasteiger partial charge on any atom is -0.508 e. The third kappa shape index (κ3) is 8.53. The number of hydrogen-bond acceptors (Lipinski definition) is 7. The molecule has 1 aromatic heterocycles. The van der Waals surface area contributed by atoms with Crippen molar-refractivity contribution in [1.29, 1.82) is 0 Å². The summed E-state index contributed by atoms with van der Waals surface area (Å²) in [5.41, 5.74) is 3.31. The van der Waals surface area contributed by atoms with Gasteiger partial charge in [0.1, 0.15) is 23.7 Å². The molecule has 5 N–H and O–H groups in total. The molecule has 0 aliphatic carbocycles. The van der Waals surface area contributed by atoms with Gasteiger partial charge in [0.15, 0.2) is 0 Å². The van der Waals surface area contributed by atoms with Crippen molar-refractivity contribution in [3.05, 3.63) is 127 Å². The summed E-state index contributed by atoms with van der Waals surface area (Å²) >= 11 is 0. The van der Waals surface area contributed by atoms with E-state index < -0.39 is 18.2 Å². The second kappa shape index (κ2) is 15.5.